The van der Waals surface area contributed by atoms with Gasteiger partial charge in [0.15, 0.2) is 0 Å². The highest BCUT2D eigenvalue weighted by atomic mass is 16.5. The molecule has 2 amide bonds. The first-order chi connectivity index (χ1) is 12.6. The molecule has 26 heavy (non-hydrogen) atoms. The molecule has 0 saturated heterocycles. The predicted octanol–water partition coefficient (Wildman–Crippen LogP) is 2.92. The second kappa shape index (κ2) is 7.31. The minimum atomic E-state index is -0.342. The second-order valence-corrected chi connectivity index (χ2v) is 5.69. The molecule has 0 atom stereocenters. The quantitative estimate of drug-likeness (QED) is 0.810. The molecule has 6 nitrogen and oxygen atoms in total. The lowest BCUT2D eigenvalue weighted by atomic mass is 10.0. The van der Waals surface area contributed by atoms with Gasteiger partial charge in [0, 0.05) is 18.3 Å². The Bertz CT molecular complexity index is 872. The zero-order chi connectivity index (χ0) is 18.7. The predicted molar refractivity (Wildman–Crippen MR) is 98.9 cm³/mol. The molecule has 0 aliphatic carbocycles. The first kappa shape index (κ1) is 17.5. The summed E-state index contributed by atoms with van der Waals surface area (Å²) in [5.41, 5.74) is 1.94. The van der Waals surface area contributed by atoms with Crippen LogP contribution < -0.4 is 14.8 Å². The standard InChI is InChI=1S/C20H20N2O4/c1-4-22-19(23)17(13-8-10-15(25-2)11-9-13)18(20(22)24)21-14-6-5-7-16(12-14)26-3/h5-12,21H,4H2,1-3H3. The van der Waals surface area contributed by atoms with E-state index in [0.29, 0.717) is 34.9 Å². The van der Waals surface area contributed by atoms with E-state index in [4.69, 9.17) is 9.47 Å². The van der Waals surface area contributed by atoms with Gasteiger partial charge in [0.2, 0.25) is 0 Å². The zero-order valence-electron chi connectivity index (χ0n) is 14.9. The molecule has 1 aliphatic rings. The van der Waals surface area contributed by atoms with Crippen LogP contribution in [-0.4, -0.2) is 37.5 Å². The average molecular weight is 352 g/mol. The topological polar surface area (TPSA) is 67.9 Å². The maximum absolute atomic E-state index is 12.8. The molecule has 3 rings (SSSR count). The lowest BCUT2D eigenvalue weighted by Gasteiger charge is -2.12. The number of imide groups is 1. The summed E-state index contributed by atoms with van der Waals surface area (Å²) in [6, 6.07) is 14.3. The fourth-order valence-electron chi connectivity index (χ4n) is 2.85. The molecule has 0 aromatic heterocycles. The van der Waals surface area contributed by atoms with Gasteiger partial charge in [-0.1, -0.05) is 18.2 Å². The lowest BCUT2D eigenvalue weighted by molar-refractivity contribution is -0.136. The molecule has 0 saturated carbocycles. The second-order valence-electron chi connectivity index (χ2n) is 5.69. The number of carbonyl (C=O) groups excluding carboxylic acids is 2. The Labute approximate surface area is 152 Å². The highest BCUT2D eigenvalue weighted by Gasteiger charge is 2.38. The van der Waals surface area contributed by atoms with Crippen LogP contribution in [0.5, 0.6) is 11.5 Å². The van der Waals surface area contributed by atoms with Crippen LogP contribution in [0.25, 0.3) is 5.57 Å². The van der Waals surface area contributed by atoms with Crippen LogP contribution in [0.1, 0.15) is 12.5 Å². The molecular formula is C20H20N2O4. The van der Waals surface area contributed by atoms with E-state index in [1.54, 1.807) is 51.5 Å². The molecule has 0 bridgehead atoms. The molecule has 0 spiro atoms. The number of anilines is 1. The number of amides is 2. The molecule has 0 radical (unpaired) electrons. The van der Waals surface area contributed by atoms with Gasteiger partial charge in [-0.05, 0) is 36.8 Å². The van der Waals surface area contributed by atoms with Gasteiger partial charge in [0.1, 0.15) is 17.2 Å². The third-order valence-corrected chi connectivity index (χ3v) is 4.20. The van der Waals surface area contributed by atoms with Crippen LogP contribution in [0, 0.1) is 0 Å². The number of rotatable bonds is 6. The maximum atomic E-state index is 12.8. The minimum absolute atomic E-state index is 0.260. The summed E-state index contributed by atoms with van der Waals surface area (Å²) in [6.07, 6.45) is 0. The molecule has 2 aromatic rings. The van der Waals surface area contributed by atoms with Gasteiger partial charge >= 0.3 is 0 Å². The van der Waals surface area contributed by atoms with Crippen molar-refractivity contribution in [3.63, 3.8) is 0 Å². The number of carbonyl (C=O) groups is 2. The first-order valence-electron chi connectivity index (χ1n) is 8.25. The summed E-state index contributed by atoms with van der Waals surface area (Å²) in [5, 5.41) is 3.09. The Morgan fingerprint density at radius 1 is 0.923 bits per heavy atom. The van der Waals surface area contributed by atoms with Gasteiger partial charge in [0.05, 0.1) is 19.8 Å². The first-order valence-corrected chi connectivity index (χ1v) is 8.25. The van der Waals surface area contributed by atoms with Crippen LogP contribution >= 0.6 is 0 Å². The van der Waals surface area contributed by atoms with Gasteiger partial charge in [-0.15, -0.1) is 0 Å². The third kappa shape index (κ3) is 3.13. The van der Waals surface area contributed by atoms with Crippen molar-refractivity contribution in [2.45, 2.75) is 6.92 Å². The SMILES string of the molecule is CCN1C(=O)C(Nc2cccc(OC)c2)=C(c2ccc(OC)cc2)C1=O. The fraction of sp³-hybridized carbons (Fsp3) is 0.200. The summed E-state index contributed by atoms with van der Waals surface area (Å²) in [6.45, 7) is 2.08. The van der Waals surface area contributed by atoms with E-state index in [2.05, 4.69) is 5.32 Å². The molecule has 1 N–H and O–H groups in total. The van der Waals surface area contributed by atoms with Crippen molar-refractivity contribution >= 4 is 23.1 Å². The van der Waals surface area contributed by atoms with Crippen LogP contribution in [0.2, 0.25) is 0 Å². The lowest BCUT2D eigenvalue weighted by Crippen LogP contribution is -2.32. The number of likely N-dealkylation sites (N-methyl/N-ethyl adjacent to an activating group) is 1. The highest BCUT2D eigenvalue weighted by molar-refractivity contribution is 6.36. The summed E-state index contributed by atoms with van der Waals surface area (Å²) < 4.78 is 10.4. The Morgan fingerprint density at radius 3 is 2.23 bits per heavy atom. The van der Waals surface area contributed by atoms with Gasteiger partial charge in [-0.2, -0.15) is 0 Å². The number of nitrogens with zero attached hydrogens (tertiary/aromatic N) is 1. The normalized spacial score (nSPS) is 14.0. The Morgan fingerprint density at radius 2 is 1.62 bits per heavy atom. The van der Waals surface area contributed by atoms with Gasteiger partial charge < -0.3 is 14.8 Å². The number of methoxy groups -OCH3 is 2. The third-order valence-electron chi connectivity index (χ3n) is 4.20. The molecular weight excluding hydrogens is 332 g/mol. The van der Waals surface area contributed by atoms with Crippen LogP contribution in [-0.2, 0) is 9.59 Å². The smallest absolute Gasteiger partial charge is 0.278 e. The van der Waals surface area contributed by atoms with E-state index >= 15 is 0 Å². The Kier molecular flexibility index (Phi) is 4.93. The Balaban J connectivity index is 2.05. The van der Waals surface area contributed by atoms with E-state index in [1.807, 2.05) is 18.2 Å². The fourth-order valence-corrected chi connectivity index (χ4v) is 2.85. The minimum Gasteiger partial charge on any atom is -0.497 e. The van der Waals surface area contributed by atoms with Gasteiger partial charge in [-0.25, -0.2) is 0 Å². The number of nitrogens with one attached hydrogen (secondary N) is 1. The number of hydrogen-bond acceptors (Lipinski definition) is 5. The van der Waals surface area contributed by atoms with E-state index in [1.165, 1.54) is 4.90 Å². The van der Waals surface area contributed by atoms with Crippen molar-refractivity contribution in [3.05, 3.63) is 59.8 Å². The number of benzene rings is 2. The maximum Gasteiger partial charge on any atom is 0.278 e. The van der Waals surface area contributed by atoms with E-state index in [9.17, 15) is 9.59 Å². The van der Waals surface area contributed by atoms with Gasteiger partial charge in [-0.3, -0.25) is 14.5 Å². The van der Waals surface area contributed by atoms with Crippen molar-refractivity contribution in [1.82, 2.24) is 4.90 Å². The highest BCUT2D eigenvalue weighted by Crippen LogP contribution is 2.31. The molecule has 1 heterocycles. The molecule has 0 unspecified atom stereocenters. The van der Waals surface area contributed by atoms with Crippen molar-refractivity contribution in [2.75, 3.05) is 26.1 Å². The molecule has 6 heteroatoms. The molecule has 1 aliphatic heterocycles. The van der Waals surface area contributed by atoms with E-state index < -0.39 is 0 Å². The van der Waals surface area contributed by atoms with Crippen LogP contribution in [0.4, 0.5) is 5.69 Å². The molecule has 0 fully saturated rings. The van der Waals surface area contributed by atoms with Gasteiger partial charge in [0.25, 0.3) is 11.8 Å². The zero-order valence-corrected chi connectivity index (χ0v) is 14.9. The molecule has 134 valence electrons. The van der Waals surface area contributed by atoms with Crippen molar-refractivity contribution in [3.8, 4) is 11.5 Å². The van der Waals surface area contributed by atoms with Crippen molar-refractivity contribution in [2.24, 2.45) is 0 Å². The van der Waals surface area contributed by atoms with Crippen molar-refractivity contribution < 1.29 is 19.1 Å². The van der Waals surface area contributed by atoms with Crippen LogP contribution in [0.3, 0.4) is 0 Å². The summed E-state index contributed by atoms with van der Waals surface area (Å²) >= 11 is 0. The summed E-state index contributed by atoms with van der Waals surface area (Å²) in [5.74, 6) is 0.686. The molecule has 2 aromatic carbocycles. The van der Waals surface area contributed by atoms with Crippen molar-refractivity contribution in [1.29, 1.82) is 0 Å². The Hall–Kier alpha value is -3.28. The van der Waals surface area contributed by atoms with E-state index in [0.717, 1.165) is 0 Å². The number of ether oxygens (including phenoxy) is 2. The summed E-state index contributed by atoms with van der Waals surface area (Å²) in [4.78, 5) is 26.7. The monoisotopic (exact) mass is 352 g/mol. The van der Waals surface area contributed by atoms with Crippen LogP contribution in [0.15, 0.2) is 54.2 Å². The van der Waals surface area contributed by atoms with E-state index in [-0.39, 0.29) is 17.5 Å². The average Bonchev–Trinajstić information content (AvgIpc) is 2.91. The largest absolute Gasteiger partial charge is 0.497 e. The number of hydrogen-bond donors (Lipinski definition) is 1. The summed E-state index contributed by atoms with van der Waals surface area (Å²) in [7, 11) is 3.15.